The van der Waals surface area contributed by atoms with E-state index in [1.165, 1.54) is 32.1 Å². The lowest BCUT2D eigenvalue weighted by molar-refractivity contribution is -0.138. The van der Waals surface area contributed by atoms with Crippen LogP contribution in [0, 0.1) is 0 Å². The van der Waals surface area contributed by atoms with Gasteiger partial charge in [0.2, 0.25) is 5.91 Å². The standard InChI is InChI=1S/C22H31ClF3N5O/c23-19-14-17(22(24,25)26)15-27-21(19)31-8-6-28(7-9-31)16-20(32)30-12-10-29(11-13-30)18-4-2-1-3-5-18/h14-15,18H,1-13,16H2. The van der Waals surface area contributed by atoms with Crippen molar-refractivity contribution in [1.29, 1.82) is 0 Å². The number of hydrogen-bond acceptors (Lipinski definition) is 5. The molecular weight excluding hydrogens is 443 g/mol. The molecule has 2 aliphatic heterocycles. The lowest BCUT2D eigenvalue weighted by atomic mass is 9.94. The van der Waals surface area contributed by atoms with Gasteiger partial charge in [-0.1, -0.05) is 30.9 Å². The second kappa shape index (κ2) is 10.1. The Morgan fingerprint density at radius 3 is 2.25 bits per heavy atom. The van der Waals surface area contributed by atoms with Crippen molar-refractivity contribution in [2.24, 2.45) is 0 Å². The maximum absolute atomic E-state index is 12.8. The van der Waals surface area contributed by atoms with Crippen LogP contribution in [0.2, 0.25) is 5.02 Å². The van der Waals surface area contributed by atoms with Crippen LogP contribution in [-0.2, 0) is 11.0 Å². The summed E-state index contributed by atoms with van der Waals surface area (Å²) in [4.78, 5) is 25.3. The van der Waals surface area contributed by atoms with Gasteiger partial charge in [0.1, 0.15) is 5.82 Å². The number of nitrogens with zero attached hydrogens (tertiary/aromatic N) is 5. The van der Waals surface area contributed by atoms with Crippen molar-refractivity contribution in [3.63, 3.8) is 0 Å². The number of aromatic nitrogens is 1. The second-order valence-corrected chi connectivity index (χ2v) is 9.41. The van der Waals surface area contributed by atoms with Crippen molar-refractivity contribution >= 4 is 23.3 Å². The molecule has 1 aromatic heterocycles. The largest absolute Gasteiger partial charge is 0.417 e. The van der Waals surface area contributed by atoms with E-state index in [0.717, 1.165) is 38.4 Å². The molecule has 1 aromatic rings. The van der Waals surface area contributed by atoms with Gasteiger partial charge in [-0.05, 0) is 18.9 Å². The van der Waals surface area contributed by atoms with Crippen molar-refractivity contribution in [1.82, 2.24) is 19.7 Å². The average Bonchev–Trinajstić information content (AvgIpc) is 2.80. The van der Waals surface area contributed by atoms with E-state index < -0.39 is 11.7 Å². The molecule has 0 bridgehead atoms. The molecule has 178 valence electrons. The Kier molecular flexibility index (Phi) is 7.47. The van der Waals surface area contributed by atoms with E-state index >= 15 is 0 Å². The van der Waals surface area contributed by atoms with E-state index in [4.69, 9.17) is 11.6 Å². The number of carbonyl (C=O) groups excluding carboxylic acids is 1. The Labute approximate surface area is 192 Å². The summed E-state index contributed by atoms with van der Waals surface area (Å²) in [5, 5.41) is 0.000174. The van der Waals surface area contributed by atoms with Crippen LogP contribution in [0.4, 0.5) is 19.0 Å². The first-order valence-corrected chi connectivity index (χ1v) is 11.9. The summed E-state index contributed by atoms with van der Waals surface area (Å²) in [6.07, 6.45) is 2.93. The molecule has 1 amide bonds. The van der Waals surface area contributed by atoms with Gasteiger partial charge in [0.05, 0.1) is 17.1 Å². The topological polar surface area (TPSA) is 42.9 Å². The molecule has 4 rings (SSSR count). The van der Waals surface area contributed by atoms with Crippen molar-refractivity contribution < 1.29 is 18.0 Å². The zero-order valence-corrected chi connectivity index (χ0v) is 19.0. The van der Waals surface area contributed by atoms with Crippen LogP contribution in [-0.4, -0.2) is 90.5 Å². The molecule has 0 unspecified atom stereocenters. The third-order valence-corrected chi connectivity index (χ3v) is 7.22. The van der Waals surface area contributed by atoms with Crippen LogP contribution < -0.4 is 4.90 Å². The highest BCUT2D eigenvalue weighted by atomic mass is 35.5. The van der Waals surface area contributed by atoms with Gasteiger partial charge in [-0.3, -0.25) is 14.6 Å². The van der Waals surface area contributed by atoms with Gasteiger partial charge in [-0.2, -0.15) is 13.2 Å². The number of halogens is 4. The molecule has 3 aliphatic rings. The summed E-state index contributed by atoms with van der Waals surface area (Å²) in [6, 6.07) is 1.62. The lowest BCUT2D eigenvalue weighted by Gasteiger charge is -2.41. The minimum absolute atomic E-state index is 0.000174. The Morgan fingerprint density at radius 2 is 1.66 bits per heavy atom. The SMILES string of the molecule is O=C(CN1CCN(c2ncc(C(F)(F)F)cc2Cl)CC1)N1CCN(C2CCCCC2)CC1. The molecular formula is C22H31ClF3N5O. The number of piperazine rings is 2. The summed E-state index contributed by atoms with van der Waals surface area (Å²) in [6.45, 7) is 6.32. The van der Waals surface area contributed by atoms with Gasteiger partial charge in [0, 0.05) is 64.6 Å². The predicted molar refractivity (Wildman–Crippen MR) is 118 cm³/mol. The van der Waals surface area contributed by atoms with Gasteiger partial charge in [-0.15, -0.1) is 0 Å². The van der Waals surface area contributed by atoms with Crippen LogP contribution in [0.5, 0.6) is 0 Å². The minimum Gasteiger partial charge on any atom is -0.353 e. The first kappa shape index (κ1) is 23.6. The Balaban J connectivity index is 1.22. The second-order valence-electron chi connectivity index (χ2n) is 9.00. The van der Waals surface area contributed by atoms with E-state index in [9.17, 15) is 18.0 Å². The summed E-state index contributed by atoms with van der Waals surface area (Å²) in [7, 11) is 0. The fraction of sp³-hybridized carbons (Fsp3) is 0.727. The molecule has 1 aliphatic carbocycles. The van der Waals surface area contributed by atoms with E-state index in [2.05, 4.69) is 14.8 Å². The first-order chi connectivity index (χ1) is 15.3. The van der Waals surface area contributed by atoms with Crippen molar-refractivity contribution in [3.05, 3.63) is 22.8 Å². The smallest absolute Gasteiger partial charge is 0.353 e. The zero-order chi connectivity index (χ0) is 22.7. The maximum atomic E-state index is 12.8. The Bertz CT molecular complexity index is 786. The van der Waals surface area contributed by atoms with Crippen molar-refractivity contribution in [2.45, 2.75) is 44.3 Å². The van der Waals surface area contributed by atoms with Gasteiger partial charge in [0.25, 0.3) is 0 Å². The Morgan fingerprint density at radius 1 is 1.00 bits per heavy atom. The van der Waals surface area contributed by atoms with Gasteiger partial charge in [-0.25, -0.2) is 4.98 Å². The van der Waals surface area contributed by atoms with Crippen molar-refractivity contribution in [3.8, 4) is 0 Å². The average molecular weight is 474 g/mol. The number of anilines is 1. The van der Waals surface area contributed by atoms with Crippen LogP contribution in [0.25, 0.3) is 0 Å². The fourth-order valence-electron chi connectivity index (χ4n) is 5.01. The first-order valence-electron chi connectivity index (χ1n) is 11.5. The quantitative estimate of drug-likeness (QED) is 0.671. The van der Waals surface area contributed by atoms with Crippen molar-refractivity contribution in [2.75, 3.05) is 63.8 Å². The summed E-state index contributed by atoms with van der Waals surface area (Å²) in [5.41, 5.74) is -0.848. The van der Waals surface area contributed by atoms with Gasteiger partial charge < -0.3 is 9.80 Å². The molecule has 0 spiro atoms. The third kappa shape index (κ3) is 5.66. The molecule has 3 fully saturated rings. The lowest BCUT2D eigenvalue weighted by Crippen LogP contribution is -2.55. The number of hydrogen-bond donors (Lipinski definition) is 0. The monoisotopic (exact) mass is 473 g/mol. The molecule has 0 radical (unpaired) electrons. The predicted octanol–water partition coefficient (Wildman–Crippen LogP) is 3.35. The summed E-state index contributed by atoms with van der Waals surface area (Å²) in [5.74, 6) is 0.525. The third-order valence-electron chi connectivity index (χ3n) is 6.94. The van der Waals surface area contributed by atoms with E-state index in [0.29, 0.717) is 44.6 Å². The number of alkyl halides is 3. The molecule has 0 N–H and O–H groups in total. The fourth-order valence-corrected chi connectivity index (χ4v) is 5.30. The summed E-state index contributed by atoms with van der Waals surface area (Å²) >= 11 is 6.08. The van der Waals surface area contributed by atoms with Gasteiger partial charge in [0.15, 0.2) is 0 Å². The van der Waals surface area contributed by atoms with Crippen LogP contribution in [0.3, 0.4) is 0 Å². The zero-order valence-electron chi connectivity index (χ0n) is 18.3. The molecule has 6 nitrogen and oxygen atoms in total. The number of carbonyl (C=O) groups is 1. The minimum atomic E-state index is -4.46. The molecule has 3 heterocycles. The number of pyridine rings is 1. The van der Waals surface area contributed by atoms with Crippen LogP contribution in [0.15, 0.2) is 12.3 Å². The molecule has 32 heavy (non-hydrogen) atoms. The molecule has 2 saturated heterocycles. The van der Waals surface area contributed by atoms with E-state index in [1.54, 1.807) is 0 Å². The van der Waals surface area contributed by atoms with Crippen LogP contribution in [0.1, 0.15) is 37.7 Å². The highest BCUT2D eigenvalue weighted by Gasteiger charge is 2.33. The van der Waals surface area contributed by atoms with Crippen LogP contribution >= 0.6 is 11.6 Å². The van der Waals surface area contributed by atoms with E-state index in [1.807, 2.05) is 9.80 Å². The highest BCUT2D eigenvalue weighted by Crippen LogP contribution is 2.33. The van der Waals surface area contributed by atoms with Gasteiger partial charge >= 0.3 is 6.18 Å². The Hall–Kier alpha value is -1.58. The number of amides is 1. The molecule has 1 saturated carbocycles. The normalized spacial score (nSPS) is 22.4. The molecule has 0 aromatic carbocycles. The number of rotatable bonds is 4. The van der Waals surface area contributed by atoms with E-state index in [-0.39, 0.29) is 10.9 Å². The summed E-state index contributed by atoms with van der Waals surface area (Å²) < 4.78 is 38.5. The maximum Gasteiger partial charge on any atom is 0.417 e. The highest BCUT2D eigenvalue weighted by molar-refractivity contribution is 6.33. The molecule has 0 atom stereocenters. The molecule has 10 heteroatoms.